The van der Waals surface area contributed by atoms with Gasteiger partial charge in [-0.3, -0.25) is 24.2 Å². The lowest BCUT2D eigenvalue weighted by Gasteiger charge is -2.24. The van der Waals surface area contributed by atoms with Crippen LogP contribution in [-0.4, -0.2) is 71.2 Å². The molecular weight excluding hydrogens is 462 g/mol. The van der Waals surface area contributed by atoms with Crippen molar-refractivity contribution in [2.24, 2.45) is 22.2 Å². The van der Waals surface area contributed by atoms with Gasteiger partial charge in [0, 0.05) is 18.7 Å². The second kappa shape index (κ2) is 14.8. The number of rotatable bonds is 14. The molecule has 188 valence electrons. The van der Waals surface area contributed by atoms with Gasteiger partial charge in [-0.05, 0) is 25.3 Å². The molecule has 1 aromatic rings. The van der Waals surface area contributed by atoms with Crippen molar-refractivity contribution in [1.29, 1.82) is 0 Å². The van der Waals surface area contributed by atoms with E-state index in [1.165, 1.54) is 6.92 Å². The lowest BCUT2D eigenvalue weighted by Crippen LogP contribution is -2.57. The van der Waals surface area contributed by atoms with Crippen molar-refractivity contribution in [1.82, 2.24) is 16.0 Å². The Morgan fingerprint density at radius 2 is 1.59 bits per heavy atom. The molecule has 0 saturated heterocycles. The second-order valence-electron chi connectivity index (χ2n) is 7.62. The number of carbonyl (C=O) groups excluding carboxylic acids is 3. The van der Waals surface area contributed by atoms with Crippen LogP contribution < -0.4 is 33.2 Å². The van der Waals surface area contributed by atoms with Crippen LogP contribution in [0.1, 0.15) is 25.3 Å². The van der Waals surface area contributed by atoms with Crippen LogP contribution in [0, 0.1) is 0 Å². The number of hydrogen-bond acceptors (Lipinski definition) is 7. The summed E-state index contributed by atoms with van der Waals surface area (Å²) in [7, 11) is 0. The van der Waals surface area contributed by atoms with Crippen molar-refractivity contribution in [3.8, 4) is 0 Å². The van der Waals surface area contributed by atoms with E-state index in [4.69, 9.17) is 22.3 Å². The highest BCUT2D eigenvalue weighted by molar-refractivity contribution is 7.80. The summed E-state index contributed by atoms with van der Waals surface area (Å²) in [5.41, 5.74) is 17.1. The van der Waals surface area contributed by atoms with Gasteiger partial charge >= 0.3 is 5.97 Å². The van der Waals surface area contributed by atoms with Gasteiger partial charge in [-0.15, -0.1) is 0 Å². The standard InChI is InChI=1S/C21H33N7O5S/c1-12(20(32)33)26-19(31)16(10-13-6-3-2-4-7-13)28-18(30)15(8-5-9-25-21(23)24)27-17(29)14(22)11-34/h2-4,6-7,12,14-16,34H,5,8-11,22H2,1H3,(H,26,31)(H,27,29)(H,28,30)(H,32,33)(H4,23,24,25). The molecule has 12 nitrogen and oxygen atoms in total. The highest BCUT2D eigenvalue weighted by Crippen LogP contribution is 2.06. The molecular formula is C21H33N7O5S. The van der Waals surface area contributed by atoms with Gasteiger partial charge in [-0.25, -0.2) is 0 Å². The number of benzene rings is 1. The predicted molar refractivity (Wildman–Crippen MR) is 131 cm³/mol. The third-order valence-electron chi connectivity index (χ3n) is 4.76. The molecule has 3 amide bonds. The van der Waals surface area contributed by atoms with Crippen molar-refractivity contribution < 1.29 is 24.3 Å². The molecule has 0 fully saturated rings. The lowest BCUT2D eigenvalue weighted by molar-refractivity contribution is -0.141. The van der Waals surface area contributed by atoms with Gasteiger partial charge in [0.1, 0.15) is 18.1 Å². The topological polar surface area (TPSA) is 215 Å². The molecule has 0 saturated carbocycles. The van der Waals surface area contributed by atoms with Crippen LogP contribution in [0.3, 0.4) is 0 Å². The minimum absolute atomic E-state index is 0.0697. The molecule has 1 rings (SSSR count). The zero-order chi connectivity index (χ0) is 25.7. The van der Waals surface area contributed by atoms with Gasteiger partial charge in [0.25, 0.3) is 0 Å². The first kappa shape index (κ1) is 28.7. The predicted octanol–water partition coefficient (Wildman–Crippen LogP) is -1.90. The van der Waals surface area contributed by atoms with Crippen LogP contribution in [0.5, 0.6) is 0 Å². The summed E-state index contributed by atoms with van der Waals surface area (Å²) in [6, 6.07) is 4.68. The Bertz CT molecular complexity index is 864. The monoisotopic (exact) mass is 495 g/mol. The molecule has 4 atom stereocenters. The molecule has 10 N–H and O–H groups in total. The maximum atomic E-state index is 13.1. The third kappa shape index (κ3) is 10.5. The van der Waals surface area contributed by atoms with Gasteiger partial charge in [-0.2, -0.15) is 12.6 Å². The fourth-order valence-corrected chi connectivity index (χ4v) is 3.01. The zero-order valence-electron chi connectivity index (χ0n) is 18.9. The number of thiol groups is 1. The maximum Gasteiger partial charge on any atom is 0.325 e. The van der Waals surface area contributed by atoms with Gasteiger partial charge in [-0.1, -0.05) is 30.3 Å². The highest BCUT2D eigenvalue weighted by atomic mass is 32.1. The number of nitrogens with two attached hydrogens (primary N) is 3. The van der Waals surface area contributed by atoms with E-state index >= 15 is 0 Å². The molecule has 0 radical (unpaired) electrons. The first-order valence-corrected chi connectivity index (χ1v) is 11.3. The first-order valence-electron chi connectivity index (χ1n) is 10.6. The average Bonchev–Trinajstić information content (AvgIpc) is 2.80. The lowest BCUT2D eigenvalue weighted by atomic mass is 10.0. The molecule has 0 aliphatic rings. The smallest absolute Gasteiger partial charge is 0.325 e. The van der Waals surface area contributed by atoms with Crippen molar-refractivity contribution in [2.75, 3.05) is 12.3 Å². The number of amides is 3. The summed E-state index contributed by atoms with van der Waals surface area (Å²) in [6.45, 7) is 1.54. The summed E-state index contributed by atoms with van der Waals surface area (Å²) >= 11 is 3.99. The van der Waals surface area contributed by atoms with E-state index < -0.39 is 47.9 Å². The largest absolute Gasteiger partial charge is 0.480 e. The quantitative estimate of drug-likeness (QED) is 0.0629. The molecule has 1 aromatic carbocycles. The zero-order valence-corrected chi connectivity index (χ0v) is 19.8. The summed E-state index contributed by atoms with van der Waals surface area (Å²) in [5, 5.41) is 16.7. The van der Waals surface area contributed by atoms with Crippen LogP contribution in [0.4, 0.5) is 0 Å². The minimum atomic E-state index is -1.22. The fourth-order valence-electron chi connectivity index (χ4n) is 2.84. The minimum Gasteiger partial charge on any atom is -0.480 e. The van der Waals surface area contributed by atoms with E-state index in [1.54, 1.807) is 30.3 Å². The van der Waals surface area contributed by atoms with Crippen LogP contribution in [0.25, 0.3) is 0 Å². The second-order valence-corrected chi connectivity index (χ2v) is 7.98. The maximum absolute atomic E-state index is 13.1. The van der Waals surface area contributed by atoms with E-state index in [1.807, 2.05) is 0 Å². The SMILES string of the molecule is CC(NC(=O)C(Cc1ccccc1)NC(=O)C(CCCN=C(N)N)NC(=O)C(N)CS)C(=O)O. The summed E-state index contributed by atoms with van der Waals surface area (Å²) < 4.78 is 0. The van der Waals surface area contributed by atoms with E-state index in [2.05, 4.69) is 33.6 Å². The van der Waals surface area contributed by atoms with E-state index in [0.717, 1.165) is 5.56 Å². The van der Waals surface area contributed by atoms with Crippen molar-refractivity contribution >= 4 is 42.3 Å². The molecule has 34 heavy (non-hydrogen) atoms. The molecule has 13 heteroatoms. The molecule has 0 aromatic heterocycles. The Kier molecular flexibility index (Phi) is 12.5. The first-order chi connectivity index (χ1) is 16.0. The van der Waals surface area contributed by atoms with Gasteiger partial charge in [0.2, 0.25) is 17.7 Å². The normalized spacial score (nSPS) is 14.1. The highest BCUT2D eigenvalue weighted by Gasteiger charge is 2.29. The number of carboxylic acids is 1. The summed E-state index contributed by atoms with van der Waals surface area (Å²) in [4.78, 5) is 53.1. The number of hydrogen-bond donors (Lipinski definition) is 8. The Morgan fingerprint density at radius 1 is 1.00 bits per heavy atom. The van der Waals surface area contributed by atoms with Crippen LogP contribution in [0.15, 0.2) is 35.3 Å². The van der Waals surface area contributed by atoms with Crippen LogP contribution in [-0.2, 0) is 25.6 Å². The van der Waals surface area contributed by atoms with Crippen molar-refractivity contribution in [2.45, 2.75) is 50.4 Å². The van der Waals surface area contributed by atoms with Crippen molar-refractivity contribution in [3.05, 3.63) is 35.9 Å². The summed E-state index contributed by atoms with van der Waals surface area (Å²) in [6.07, 6.45) is 0.631. The number of aliphatic carboxylic acids is 1. The molecule has 0 aliphatic carbocycles. The third-order valence-corrected chi connectivity index (χ3v) is 5.15. The van der Waals surface area contributed by atoms with E-state index in [9.17, 15) is 19.2 Å². The van der Waals surface area contributed by atoms with E-state index in [-0.39, 0.29) is 31.1 Å². The average molecular weight is 496 g/mol. The van der Waals surface area contributed by atoms with Gasteiger partial charge in [0.05, 0.1) is 6.04 Å². The van der Waals surface area contributed by atoms with E-state index in [0.29, 0.717) is 6.42 Å². The number of nitrogens with zero attached hydrogens (tertiary/aromatic N) is 1. The summed E-state index contributed by atoms with van der Waals surface area (Å²) in [5.74, 6) is -3.15. The Morgan fingerprint density at radius 3 is 2.15 bits per heavy atom. The number of nitrogens with one attached hydrogen (secondary N) is 3. The van der Waals surface area contributed by atoms with Crippen molar-refractivity contribution in [3.63, 3.8) is 0 Å². The Balaban J connectivity index is 3.04. The molecule has 0 heterocycles. The van der Waals surface area contributed by atoms with Gasteiger partial charge in [0.15, 0.2) is 5.96 Å². The van der Waals surface area contributed by atoms with Crippen LogP contribution >= 0.6 is 12.6 Å². The number of carboxylic acid groups (broad SMARTS) is 1. The number of aliphatic imine (C=N–C) groups is 1. The fraction of sp³-hybridized carbons (Fsp3) is 0.476. The molecule has 0 bridgehead atoms. The molecule has 0 spiro atoms. The molecule has 4 unspecified atom stereocenters. The molecule has 0 aliphatic heterocycles. The Labute approximate surface area is 203 Å². The van der Waals surface area contributed by atoms with Crippen LogP contribution in [0.2, 0.25) is 0 Å². The number of guanidine groups is 1. The number of carbonyl (C=O) groups is 4. The Hall–Kier alpha value is -3.32. The van der Waals surface area contributed by atoms with Gasteiger partial charge < -0.3 is 38.3 Å².